The van der Waals surface area contributed by atoms with E-state index in [1.54, 1.807) is 0 Å². The summed E-state index contributed by atoms with van der Waals surface area (Å²) in [6.45, 7) is 7.08. The van der Waals surface area contributed by atoms with E-state index in [2.05, 4.69) is 11.2 Å². The number of ether oxygens (including phenoxy) is 1. The Hall–Kier alpha value is -1.28. The van der Waals surface area contributed by atoms with E-state index in [-0.39, 0.29) is 13.1 Å². The highest BCUT2D eigenvalue weighted by Gasteiger charge is 2.53. The molecule has 0 bridgehead atoms. The van der Waals surface area contributed by atoms with E-state index in [0.29, 0.717) is 13.2 Å². The zero-order valence-corrected chi connectivity index (χ0v) is 11.6. The monoisotopic (exact) mass is 289 g/mol. The molecule has 1 amide bonds. The topological polar surface area (TPSA) is 55.8 Å². The van der Waals surface area contributed by atoms with Gasteiger partial charge in [0, 0.05) is 19.0 Å². The van der Waals surface area contributed by atoms with Gasteiger partial charge in [0.2, 0.25) is 5.60 Å². The van der Waals surface area contributed by atoms with Crippen molar-refractivity contribution in [1.29, 1.82) is 0 Å². The summed E-state index contributed by atoms with van der Waals surface area (Å²) in [7, 11) is -3.23. The van der Waals surface area contributed by atoms with Gasteiger partial charge in [0.05, 0.1) is 13.2 Å². The second kappa shape index (κ2) is 6.94. The van der Waals surface area contributed by atoms with Gasteiger partial charge in [-0.2, -0.15) is 0 Å². The van der Waals surface area contributed by atoms with Crippen LogP contribution in [0.15, 0.2) is 12.7 Å². The number of nitrogens with zero attached hydrogens (tertiary/aromatic N) is 1. The quantitative estimate of drug-likeness (QED) is 0.415. The fraction of sp³-hybridized carbons (Fsp3) is 0.667. The molecule has 0 aromatic carbocycles. The van der Waals surface area contributed by atoms with Gasteiger partial charge in [0.15, 0.2) is 5.78 Å². The number of rotatable bonds is 6. The highest BCUT2D eigenvalue weighted by atomic mass is 19.2. The maximum Gasteiger partial charge on any atom is 0.722 e. The van der Waals surface area contributed by atoms with E-state index >= 15 is 0 Å². The molecule has 0 aromatic rings. The molecule has 8 heteroatoms. The maximum absolute atomic E-state index is 12.7. The number of amides is 1. The molecule has 1 aliphatic heterocycles. The van der Waals surface area contributed by atoms with Gasteiger partial charge in [0.1, 0.15) is 0 Å². The largest absolute Gasteiger partial charge is 0.722 e. The SMILES string of the molecule is C=C[C@@H](C)[C@@](OB(F)F)(C(C)=O)C(=O)N1CCOCC1. The summed E-state index contributed by atoms with van der Waals surface area (Å²) in [5.74, 6) is -2.40. The summed E-state index contributed by atoms with van der Waals surface area (Å²) in [6.07, 6.45) is 1.27. The third-order valence-corrected chi connectivity index (χ3v) is 3.41. The van der Waals surface area contributed by atoms with Crippen LogP contribution in [0.5, 0.6) is 0 Å². The van der Waals surface area contributed by atoms with Crippen LogP contribution < -0.4 is 0 Å². The van der Waals surface area contributed by atoms with Crippen LogP contribution in [0.3, 0.4) is 0 Å². The normalized spacial score (nSPS) is 19.9. The second-order valence-electron chi connectivity index (χ2n) is 4.60. The Morgan fingerprint density at radius 2 is 2.00 bits per heavy atom. The molecule has 5 nitrogen and oxygen atoms in total. The van der Waals surface area contributed by atoms with Crippen LogP contribution in [-0.4, -0.2) is 56.0 Å². The predicted octanol–water partition coefficient (Wildman–Crippen LogP) is 0.936. The Bertz CT molecular complexity index is 388. The molecule has 1 aliphatic rings. The molecule has 1 saturated heterocycles. The molecular weight excluding hydrogens is 271 g/mol. The fourth-order valence-corrected chi connectivity index (χ4v) is 2.21. The number of halogens is 2. The van der Waals surface area contributed by atoms with Gasteiger partial charge in [0.25, 0.3) is 5.91 Å². The minimum atomic E-state index is -3.23. The van der Waals surface area contributed by atoms with Crippen molar-refractivity contribution < 1.29 is 27.6 Å². The number of morpholine rings is 1. The van der Waals surface area contributed by atoms with E-state index < -0.39 is 30.7 Å². The van der Waals surface area contributed by atoms with Crippen molar-refractivity contribution in [3.8, 4) is 0 Å². The van der Waals surface area contributed by atoms with Crippen molar-refractivity contribution in [2.75, 3.05) is 26.3 Å². The van der Waals surface area contributed by atoms with Crippen LogP contribution in [0, 0.1) is 5.92 Å². The van der Waals surface area contributed by atoms with Crippen LogP contribution in [0.1, 0.15) is 13.8 Å². The predicted molar refractivity (Wildman–Crippen MR) is 69.2 cm³/mol. The molecule has 0 saturated carbocycles. The van der Waals surface area contributed by atoms with E-state index in [0.717, 1.165) is 6.92 Å². The molecule has 1 rings (SSSR count). The molecule has 20 heavy (non-hydrogen) atoms. The van der Waals surface area contributed by atoms with Crippen LogP contribution in [0.25, 0.3) is 0 Å². The summed E-state index contributed by atoms with van der Waals surface area (Å²) < 4.78 is 35.0. The lowest BCUT2D eigenvalue weighted by Gasteiger charge is -2.39. The van der Waals surface area contributed by atoms with Crippen LogP contribution >= 0.6 is 0 Å². The van der Waals surface area contributed by atoms with E-state index in [1.807, 2.05) is 0 Å². The third kappa shape index (κ3) is 3.24. The van der Waals surface area contributed by atoms with Crippen molar-refractivity contribution in [3.63, 3.8) is 0 Å². The average molecular weight is 289 g/mol. The zero-order valence-electron chi connectivity index (χ0n) is 11.6. The van der Waals surface area contributed by atoms with E-state index in [1.165, 1.54) is 17.9 Å². The standard InChI is InChI=1S/C12H18BF2NO4/c1-4-9(2)12(10(3)17,20-13(14)15)11(18)16-5-7-19-8-6-16/h4,9H,1,5-8H2,2-3H3/t9-,12-/m1/s1. The molecule has 112 valence electrons. The Kier molecular flexibility index (Phi) is 5.82. The third-order valence-electron chi connectivity index (χ3n) is 3.41. The van der Waals surface area contributed by atoms with Crippen LogP contribution in [0.4, 0.5) is 8.63 Å². The molecule has 0 aromatic heterocycles. The molecule has 0 radical (unpaired) electrons. The fourth-order valence-electron chi connectivity index (χ4n) is 2.21. The molecule has 1 heterocycles. The van der Waals surface area contributed by atoms with Gasteiger partial charge in [-0.15, -0.1) is 6.58 Å². The molecule has 1 fully saturated rings. The molecule has 0 spiro atoms. The number of hydrogen-bond acceptors (Lipinski definition) is 4. The lowest BCUT2D eigenvalue weighted by Crippen LogP contribution is -2.61. The number of carbonyl (C=O) groups is 2. The summed E-state index contributed by atoms with van der Waals surface area (Å²) in [6, 6.07) is 0. The first-order chi connectivity index (χ1) is 9.36. The highest BCUT2D eigenvalue weighted by molar-refractivity contribution is 6.36. The van der Waals surface area contributed by atoms with Crippen molar-refractivity contribution in [1.82, 2.24) is 4.90 Å². The average Bonchev–Trinajstić information content (AvgIpc) is 2.43. The molecule has 0 N–H and O–H groups in total. The van der Waals surface area contributed by atoms with Gasteiger partial charge in [-0.25, -0.2) is 0 Å². The van der Waals surface area contributed by atoms with Gasteiger partial charge in [-0.1, -0.05) is 13.0 Å². The highest BCUT2D eigenvalue weighted by Crippen LogP contribution is 2.29. The molecule has 0 unspecified atom stereocenters. The smallest absolute Gasteiger partial charge is 0.378 e. The van der Waals surface area contributed by atoms with Crippen LogP contribution in [0.2, 0.25) is 0 Å². The number of hydrogen-bond donors (Lipinski definition) is 0. The van der Waals surface area contributed by atoms with Crippen LogP contribution in [-0.2, 0) is 19.0 Å². The molecular formula is C12H18BF2NO4. The Morgan fingerprint density at radius 3 is 2.40 bits per heavy atom. The number of Topliss-reactive ketones (excluding diaryl/α,β-unsaturated/α-hetero) is 1. The Balaban J connectivity index is 3.15. The van der Waals surface area contributed by atoms with Crippen molar-refractivity contribution in [2.45, 2.75) is 19.4 Å². The minimum Gasteiger partial charge on any atom is -0.378 e. The Labute approximate surface area is 117 Å². The summed E-state index contributed by atoms with van der Waals surface area (Å²) in [5, 5.41) is 0. The van der Waals surface area contributed by atoms with Crippen molar-refractivity contribution in [2.24, 2.45) is 5.92 Å². The first-order valence-electron chi connectivity index (χ1n) is 6.33. The number of ketones is 1. The Morgan fingerprint density at radius 1 is 1.45 bits per heavy atom. The summed E-state index contributed by atoms with van der Waals surface area (Å²) >= 11 is 0. The van der Waals surface area contributed by atoms with E-state index in [9.17, 15) is 18.2 Å². The van der Waals surface area contributed by atoms with Gasteiger partial charge in [-0.3, -0.25) is 18.2 Å². The lowest BCUT2D eigenvalue weighted by atomic mass is 9.82. The van der Waals surface area contributed by atoms with Crippen molar-refractivity contribution in [3.05, 3.63) is 12.7 Å². The van der Waals surface area contributed by atoms with Crippen molar-refractivity contribution >= 4 is 19.2 Å². The molecule has 0 aliphatic carbocycles. The lowest BCUT2D eigenvalue weighted by molar-refractivity contribution is -0.164. The van der Waals surface area contributed by atoms with Gasteiger partial charge < -0.3 is 14.3 Å². The summed E-state index contributed by atoms with van der Waals surface area (Å²) in [5.41, 5.74) is -2.23. The first-order valence-corrected chi connectivity index (χ1v) is 6.33. The van der Waals surface area contributed by atoms with Gasteiger partial charge >= 0.3 is 7.47 Å². The first kappa shape index (κ1) is 16.8. The maximum atomic E-state index is 12.7. The summed E-state index contributed by atoms with van der Waals surface area (Å²) in [4.78, 5) is 25.8. The van der Waals surface area contributed by atoms with E-state index in [4.69, 9.17) is 4.74 Å². The molecule has 2 atom stereocenters. The van der Waals surface area contributed by atoms with Gasteiger partial charge in [-0.05, 0) is 6.92 Å². The number of carbonyl (C=O) groups excluding carboxylic acids is 2. The second-order valence-corrected chi connectivity index (χ2v) is 4.60. The minimum absolute atomic E-state index is 0.240. The zero-order chi connectivity index (χ0) is 15.3.